The number of benzene rings is 1. The average molecular weight is 233 g/mol. The number of nitrogens with zero attached hydrogens (tertiary/aromatic N) is 3. The van der Waals surface area contributed by atoms with Crippen LogP contribution in [0.3, 0.4) is 0 Å². The first-order valence-electron chi connectivity index (χ1n) is 6.26. The third kappa shape index (κ3) is 2.50. The molecule has 1 N–H and O–H groups in total. The molecule has 2 fully saturated rings. The maximum Gasteiger partial charge on any atom is 0.138 e. The lowest BCUT2D eigenvalue weighted by molar-refractivity contribution is -0.950. The second kappa shape index (κ2) is 4.38. The molecule has 0 spiro atoms. The van der Waals surface area contributed by atoms with Gasteiger partial charge in [0.1, 0.15) is 19.9 Å². The predicted octanol–water partition coefficient (Wildman–Crippen LogP) is 0.642. The van der Waals surface area contributed by atoms with E-state index in [9.17, 15) is 0 Å². The molecule has 1 aromatic carbocycles. The maximum atomic E-state index is 3.43. The Morgan fingerprint density at radius 1 is 1.12 bits per heavy atom. The van der Waals surface area contributed by atoms with Crippen LogP contribution in [0.25, 0.3) is 0 Å². The van der Waals surface area contributed by atoms with E-state index in [4.69, 9.17) is 0 Å². The molecule has 4 heteroatoms. The number of hydrogen-bond donors (Lipinski definition) is 1. The molecule has 1 aromatic rings. The third-order valence-electron chi connectivity index (χ3n) is 3.56. The Morgan fingerprint density at radius 3 is 2.41 bits per heavy atom. The van der Waals surface area contributed by atoms with Crippen LogP contribution in [-0.4, -0.2) is 54.7 Å². The summed E-state index contributed by atoms with van der Waals surface area (Å²) in [7, 11) is 2.36. The lowest BCUT2D eigenvalue weighted by Gasteiger charge is -2.50. The summed E-state index contributed by atoms with van der Waals surface area (Å²) in [5.74, 6) is 0. The molecule has 2 unspecified atom stereocenters. The molecule has 2 aliphatic heterocycles. The smallest absolute Gasteiger partial charge is 0.138 e. The Kier molecular flexibility index (Phi) is 2.88. The zero-order chi connectivity index (χ0) is 11.7. The van der Waals surface area contributed by atoms with Crippen LogP contribution in [-0.2, 0) is 6.54 Å². The standard InChI is InChI=1S/C13H21N4/c1-17(7-13-5-3-2-4-6-13)11-15-8-14-9-16(10-15)12-17/h2-6,14H,7-12H2,1H3/q+1. The molecule has 3 rings (SSSR count). The van der Waals surface area contributed by atoms with Gasteiger partial charge in [-0.1, -0.05) is 30.3 Å². The van der Waals surface area contributed by atoms with Crippen molar-refractivity contribution in [1.29, 1.82) is 0 Å². The molecule has 0 aliphatic carbocycles. The van der Waals surface area contributed by atoms with Crippen molar-refractivity contribution >= 4 is 0 Å². The Labute approximate surface area is 103 Å². The summed E-state index contributed by atoms with van der Waals surface area (Å²) in [5.41, 5.74) is 1.44. The Morgan fingerprint density at radius 2 is 1.76 bits per heavy atom. The summed E-state index contributed by atoms with van der Waals surface area (Å²) in [6.45, 7) is 6.57. The molecule has 2 atom stereocenters. The molecule has 2 saturated heterocycles. The van der Waals surface area contributed by atoms with E-state index in [2.05, 4.69) is 52.5 Å². The molecular formula is C13H21N4+. The third-order valence-corrected chi connectivity index (χ3v) is 3.56. The molecule has 4 nitrogen and oxygen atoms in total. The molecule has 0 saturated carbocycles. The Bertz CT molecular complexity index is 366. The quantitative estimate of drug-likeness (QED) is 0.756. The molecule has 0 amide bonds. The summed E-state index contributed by atoms with van der Waals surface area (Å²) in [6.07, 6.45) is 0. The number of hydrogen-bond acceptors (Lipinski definition) is 3. The van der Waals surface area contributed by atoms with Gasteiger partial charge in [0.2, 0.25) is 0 Å². The van der Waals surface area contributed by atoms with Crippen LogP contribution < -0.4 is 5.32 Å². The summed E-state index contributed by atoms with van der Waals surface area (Å²) in [4.78, 5) is 4.96. The minimum Gasteiger partial charge on any atom is -0.297 e. The maximum absolute atomic E-state index is 3.43. The van der Waals surface area contributed by atoms with Gasteiger partial charge in [0.25, 0.3) is 0 Å². The number of fused-ring (bicyclic) bond motifs is 2. The zero-order valence-electron chi connectivity index (χ0n) is 10.5. The van der Waals surface area contributed by atoms with Crippen molar-refractivity contribution < 1.29 is 4.48 Å². The van der Waals surface area contributed by atoms with Crippen molar-refractivity contribution in [2.75, 3.05) is 40.4 Å². The number of rotatable bonds is 2. The van der Waals surface area contributed by atoms with E-state index in [0.717, 1.165) is 44.4 Å². The zero-order valence-corrected chi connectivity index (χ0v) is 10.5. The molecule has 92 valence electrons. The first-order valence-corrected chi connectivity index (χ1v) is 6.26. The molecule has 2 aliphatic rings. The fraction of sp³-hybridized carbons (Fsp3) is 0.538. The lowest BCUT2D eigenvalue weighted by Crippen LogP contribution is -2.68. The number of nitrogens with one attached hydrogen (secondary N) is 1. The van der Waals surface area contributed by atoms with E-state index >= 15 is 0 Å². The van der Waals surface area contributed by atoms with Crippen LogP contribution in [0.15, 0.2) is 30.3 Å². The van der Waals surface area contributed by atoms with E-state index in [0.29, 0.717) is 0 Å². The Hall–Kier alpha value is -0.940. The van der Waals surface area contributed by atoms with Gasteiger partial charge in [0.05, 0.1) is 27.1 Å². The SMILES string of the molecule is C[N+]1(Cc2ccccc2)CN2CNCN(C2)C1. The second-order valence-electron chi connectivity index (χ2n) is 5.60. The van der Waals surface area contributed by atoms with Crippen molar-refractivity contribution in [2.24, 2.45) is 0 Å². The molecule has 0 aromatic heterocycles. The van der Waals surface area contributed by atoms with Crippen LogP contribution in [0, 0.1) is 0 Å². The predicted molar refractivity (Wildman–Crippen MR) is 67.5 cm³/mol. The molecule has 0 radical (unpaired) electrons. The van der Waals surface area contributed by atoms with Gasteiger partial charge in [-0.3, -0.25) is 9.80 Å². The van der Waals surface area contributed by atoms with Gasteiger partial charge in [-0.05, 0) is 0 Å². The van der Waals surface area contributed by atoms with Crippen molar-refractivity contribution in [3.63, 3.8) is 0 Å². The van der Waals surface area contributed by atoms with Crippen LogP contribution in [0.2, 0.25) is 0 Å². The summed E-state index contributed by atoms with van der Waals surface area (Å²) < 4.78 is 1.09. The van der Waals surface area contributed by atoms with Gasteiger partial charge in [0, 0.05) is 5.56 Å². The summed E-state index contributed by atoms with van der Waals surface area (Å²) in [5, 5.41) is 3.43. The first-order chi connectivity index (χ1) is 8.23. The van der Waals surface area contributed by atoms with Crippen LogP contribution in [0.1, 0.15) is 5.56 Å². The highest BCUT2D eigenvalue weighted by Crippen LogP contribution is 2.19. The average Bonchev–Trinajstić information content (AvgIpc) is 2.28. The highest BCUT2D eigenvalue weighted by molar-refractivity contribution is 5.13. The Balaban J connectivity index is 1.73. The van der Waals surface area contributed by atoms with E-state index in [1.807, 2.05) is 0 Å². The molecule has 2 bridgehead atoms. The van der Waals surface area contributed by atoms with Crippen LogP contribution in [0.5, 0.6) is 0 Å². The highest BCUT2D eigenvalue weighted by Gasteiger charge is 2.35. The fourth-order valence-corrected chi connectivity index (χ4v) is 3.07. The van der Waals surface area contributed by atoms with Crippen LogP contribution in [0.4, 0.5) is 0 Å². The largest absolute Gasteiger partial charge is 0.297 e. The normalized spacial score (nSPS) is 36.8. The van der Waals surface area contributed by atoms with Gasteiger partial charge < -0.3 is 0 Å². The first kappa shape index (κ1) is 11.2. The van der Waals surface area contributed by atoms with Crippen molar-refractivity contribution in [1.82, 2.24) is 15.1 Å². The van der Waals surface area contributed by atoms with Gasteiger partial charge in [-0.2, -0.15) is 0 Å². The van der Waals surface area contributed by atoms with Gasteiger partial charge in [0.15, 0.2) is 0 Å². The van der Waals surface area contributed by atoms with Gasteiger partial charge in [-0.25, -0.2) is 9.80 Å². The van der Waals surface area contributed by atoms with Gasteiger partial charge in [-0.15, -0.1) is 0 Å². The second-order valence-corrected chi connectivity index (χ2v) is 5.60. The summed E-state index contributed by atoms with van der Waals surface area (Å²) >= 11 is 0. The van der Waals surface area contributed by atoms with E-state index in [1.165, 1.54) is 5.56 Å². The lowest BCUT2D eigenvalue weighted by atomic mass is 10.2. The molecule has 2 heterocycles. The van der Waals surface area contributed by atoms with Crippen molar-refractivity contribution in [2.45, 2.75) is 6.54 Å². The monoisotopic (exact) mass is 233 g/mol. The molecular weight excluding hydrogens is 212 g/mol. The van der Waals surface area contributed by atoms with E-state index < -0.39 is 0 Å². The van der Waals surface area contributed by atoms with Gasteiger partial charge >= 0.3 is 0 Å². The van der Waals surface area contributed by atoms with Crippen LogP contribution >= 0.6 is 0 Å². The minimum atomic E-state index is 1.03. The highest BCUT2D eigenvalue weighted by atomic mass is 15.6. The topological polar surface area (TPSA) is 18.5 Å². The summed E-state index contributed by atoms with van der Waals surface area (Å²) in [6, 6.07) is 10.8. The number of quaternary nitrogens is 1. The minimum absolute atomic E-state index is 1.03. The van der Waals surface area contributed by atoms with E-state index in [1.54, 1.807) is 0 Å². The molecule has 17 heavy (non-hydrogen) atoms. The van der Waals surface area contributed by atoms with Crippen molar-refractivity contribution in [3.8, 4) is 0 Å². The van der Waals surface area contributed by atoms with Crippen molar-refractivity contribution in [3.05, 3.63) is 35.9 Å². The fourth-order valence-electron chi connectivity index (χ4n) is 3.07. The van der Waals surface area contributed by atoms with E-state index in [-0.39, 0.29) is 0 Å².